The number of nitrogens with zero attached hydrogens (tertiary/aromatic N) is 2. The van der Waals surface area contributed by atoms with Crippen LogP contribution < -0.4 is 16.4 Å². The number of sulfonamides is 1. The van der Waals surface area contributed by atoms with Gasteiger partial charge in [-0.2, -0.15) is 4.31 Å². The third kappa shape index (κ3) is 8.04. The van der Waals surface area contributed by atoms with Crippen LogP contribution in [0, 0.1) is 0 Å². The van der Waals surface area contributed by atoms with E-state index in [0.717, 1.165) is 22.5 Å². The standard InChI is InChI=1S/C29H35N5O7S2/c1-40-16-14-34(15-17-41-2)43(38,39)22-10-8-21(9-11-22)26(35)31-28-25(27(36)32-29(30)37)23-12-13-33(19-24(23)42-28)18-20-6-4-3-5-7-20/h3-11H,12-19H2,1-2H3,(H,31,35)(H3,30,32,36,37). The summed E-state index contributed by atoms with van der Waals surface area (Å²) in [7, 11) is -0.888. The van der Waals surface area contributed by atoms with Crippen molar-refractivity contribution in [3.8, 4) is 0 Å². The Morgan fingerprint density at radius 2 is 1.63 bits per heavy atom. The number of methoxy groups -OCH3 is 2. The Hall–Kier alpha value is -3.66. The highest BCUT2D eigenvalue weighted by Gasteiger charge is 2.30. The van der Waals surface area contributed by atoms with E-state index in [1.165, 1.54) is 54.1 Å². The molecule has 3 aromatic rings. The maximum Gasteiger partial charge on any atom is 0.319 e. The van der Waals surface area contributed by atoms with E-state index in [1.807, 2.05) is 18.2 Å². The first-order valence-electron chi connectivity index (χ1n) is 13.5. The molecule has 0 atom stereocenters. The molecule has 0 radical (unpaired) electrons. The second-order valence-electron chi connectivity index (χ2n) is 9.84. The number of imide groups is 1. The number of nitrogens with two attached hydrogens (primary N) is 1. The lowest BCUT2D eigenvalue weighted by atomic mass is 10.0. The molecule has 230 valence electrons. The lowest BCUT2D eigenvalue weighted by Gasteiger charge is -2.27. The molecule has 0 bridgehead atoms. The molecule has 0 saturated carbocycles. The fraction of sp³-hybridized carbons (Fsp3) is 0.345. The number of rotatable bonds is 13. The van der Waals surface area contributed by atoms with Crippen LogP contribution in [-0.2, 0) is 39.0 Å². The molecule has 1 aliphatic rings. The molecule has 1 aliphatic heterocycles. The van der Waals surface area contributed by atoms with E-state index in [1.54, 1.807) is 0 Å². The normalized spacial score (nSPS) is 13.5. The predicted octanol–water partition coefficient (Wildman–Crippen LogP) is 2.65. The van der Waals surface area contributed by atoms with Gasteiger partial charge in [0.25, 0.3) is 11.8 Å². The number of anilines is 1. The molecule has 14 heteroatoms. The molecular formula is C29H35N5O7S2. The molecule has 43 heavy (non-hydrogen) atoms. The van der Waals surface area contributed by atoms with Gasteiger partial charge in [0.1, 0.15) is 5.00 Å². The molecule has 2 aromatic carbocycles. The van der Waals surface area contributed by atoms with Crippen LogP contribution in [0.25, 0.3) is 0 Å². The lowest BCUT2D eigenvalue weighted by Crippen LogP contribution is -2.36. The van der Waals surface area contributed by atoms with E-state index in [2.05, 4.69) is 27.7 Å². The Balaban J connectivity index is 1.55. The topological polar surface area (TPSA) is 160 Å². The van der Waals surface area contributed by atoms with Gasteiger partial charge in [-0.3, -0.25) is 19.8 Å². The van der Waals surface area contributed by atoms with Gasteiger partial charge in [0, 0.05) is 57.4 Å². The van der Waals surface area contributed by atoms with Crippen molar-refractivity contribution >= 4 is 44.2 Å². The second kappa shape index (κ2) is 14.7. The number of nitrogens with one attached hydrogen (secondary N) is 2. The minimum atomic E-state index is -3.86. The van der Waals surface area contributed by atoms with E-state index in [-0.39, 0.29) is 47.3 Å². The summed E-state index contributed by atoms with van der Waals surface area (Å²) in [6.07, 6.45) is 0.547. The summed E-state index contributed by atoms with van der Waals surface area (Å²) in [5.74, 6) is -1.22. The summed E-state index contributed by atoms with van der Waals surface area (Å²) in [4.78, 5) is 40.9. The van der Waals surface area contributed by atoms with E-state index in [4.69, 9.17) is 15.2 Å². The summed E-state index contributed by atoms with van der Waals surface area (Å²) in [6, 6.07) is 14.6. The molecule has 0 fully saturated rings. The van der Waals surface area contributed by atoms with Crippen molar-refractivity contribution < 1.29 is 32.3 Å². The Kier molecular flexibility index (Phi) is 11.0. The van der Waals surface area contributed by atoms with Crippen LogP contribution >= 0.6 is 11.3 Å². The molecule has 0 saturated heterocycles. The highest BCUT2D eigenvalue weighted by Crippen LogP contribution is 2.38. The number of urea groups is 1. The third-order valence-electron chi connectivity index (χ3n) is 6.92. The first-order valence-corrected chi connectivity index (χ1v) is 15.8. The number of amides is 4. The monoisotopic (exact) mass is 629 g/mol. The number of fused-ring (bicyclic) bond motifs is 1. The van der Waals surface area contributed by atoms with Gasteiger partial charge in [0.15, 0.2) is 0 Å². The van der Waals surface area contributed by atoms with E-state index < -0.39 is 27.9 Å². The molecular weight excluding hydrogens is 594 g/mol. The van der Waals surface area contributed by atoms with Gasteiger partial charge in [-0.1, -0.05) is 30.3 Å². The van der Waals surface area contributed by atoms with Crippen molar-refractivity contribution in [2.75, 3.05) is 52.4 Å². The van der Waals surface area contributed by atoms with Crippen LogP contribution in [0.2, 0.25) is 0 Å². The van der Waals surface area contributed by atoms with E-state index >= 15 is 0 Å². The molecule has 2 heterocycles. The maximum atomic E-state index is 13.3. The fourth-order valence-corrected chi connectivity index (χ4v) is 7.47. The molecule has 0 aliphatic carbocycles. The Morgan fingerprint density at radius 3 is 2.23 bits per heavy atom. The minimum absolute atomic E-state index is 0.0166. The molecule has 4 rings (SSSR count). The van der Waals surface area contributed by atoms with Crippen LogP contribution in [0.1, 0.15) is 36.7 Å². The highest BCUT2D eigenvalue weighted by molar-refractivity contribution is 7.89. The Morgan fingerprint density at radius 1 is 0.977 bits per heavy atom. The van der Waals surface area contributed by atoms with Gasteiger partial charge < -0.3 is 20.5 Å². The summed E-state index contributed by atoms with van der Waals surface area (Å²) in [5, 5.41) is 5.20. The van der Waals surface area contributed by atoms with Gasteiger partial charge >= 0.3 is 6.03 Å². The quantitative estimate of drug-likeness (QED) is 0.260. The van der Waals surface area contributed by atoms with Gasteiger partial charge in [-0.25, -0.2) is 13.2 Å². The predicted molar refractivity (Wildman–Crippen MR) is 163 cm³/mol. The number of ether oxygens (including phenoxy) is 2. The van der Waals surface area contributed by atoms with Crippen molar-refractivity contribution in [3.63, 3.8) is 0 Å². The first kappa shape index (κ1) is 32.3. The first-order chi connectivity index (χ1) is 20.6. The molecule has 4 amide bonds. The summed E-state index contributed by atoms with van der Waals surface area (Å²) < 4.78 is 37.8. The zero-order valence-electron chi connectivity index (χ0n) is 24.0. The van der Waals surface area contributed by atoms with Gasteiger partial charge in [0.2, 0.25) is 10.0 Å². The van der Waals surface area contributed by atoms with Crippen LogP contribution in [0.5, 0.6) is 0 Å². The zero-order chi connectivity index (χ0) is 31.0. The number of carbonyl (C=O) groups is 3. The number of primary amides is 1. The van der Waals surface area contributed by atoms with Crippen LogP contribution in [0.15, 0.2) is 59.5 Å². The van der Waals surface area contributed by atoms with Crippen LogP contribution in [0.4, 0.5) is 9.80 Å². The van der Waals surface area contributed by atoms with Crippen molar-refractivity contribution in [3.05, 3.63) is 81.7 Å². The minimum Gasteiger partial charge on any atom is -0.383 e. The average molecular weight is 630 g/mol. The lowest BCUT2D eigenvalue weighted by molar-refractivity contribution is 0.0965. The number of hydrogen-bond acceptors (Lipinski definition) is 9. The SMILES string of the molecule is COCCN(CCOC)S(=O)(=O)c1ccc(C(=O)Nc2sc3c(c2C(=O)NC(N)=O)CCN(Cc2ccccc2)C3)cc1. The van der Waals surface area contributed by atoms with Crippen molar-refractivity contribution in [2.24, 2.45) is 5.73 Å². The molecule has 0 unspecified atom stereocenters. The highest BCUT2D eigenvalue weighted by atomic mass is 32.2. The fourth-order valence-electron chi connectivity index (χ4n) is 4.78. The summed E-state index contributed by atoms with van der Waals surface area (Å²) in [5.41, 5.74) is 7.54. The van der Waals surface area contributed by atoms with Crippen LogP contribution in [-0.4, -0.2) is 82.5 Å². The van der Waals surface area contributed by atoms with Crippen LogP contribution in [0.3, 0.4) is 0 Å². The average Bonchev–Trinajstić information content (AvgIpc) is 3.34. The molecule has 12 nitrogen and oxygen atoms in total. The smallest absolute Gasteiger partial charge is 0.319 e. The van der Waals surface area contributed by atoms with Gasteiger partial charge in [-0.05, 0) is 41.8 Å². The number of thiophene rings is 1. The third-order valence-corrected chi connectivity index (χ3v) is 9.96. The molecule has 0 spiro atoms. The van der Waals surface area contributed by atoms with Crippen molar-refractivity contribution in [1.82, 2.24) is 14.5 Å². The number of benzene rings is 2. The van der Waals surface area contributed by atoms with Crippen molar-refractivity contribution in [1.29, 1.82) is 0 Å². The Labute approximate surface area is 254 Å². The van der Waals surface area contributed by atoms with E-state index in [0.29, 0.717) is 19.5 Å². The summed E-state index contributed by atoms with van der Waals surface area (Å²) in [6.45, 7) is 2.69. The maximum absolute atomic E-state index is 13.3. The molecule has 1 aromatic heterocycles. The Bertz CT molecular complexity index is 1540. The van der Waals surface area contributed by atoms with Gasteiger partial charge in [0.05, 0.1) is 23.7 Å². The van der Waals surface area contributed by atoms with Gasteiger partial charge in [-0.15, -0.1) is 11.3 Å². The number of hydrogen-bond donors (Lipinski definition) is 3. The second-order valence-corrected chi connectivity index (χ2v) is 12.9. The number of carbonyl (C=O) groups excluding carboxylic acids is 3. The summed E-state index contributed by atoms with van der Waals surface area (Å²) >= 11 is 1.27. The van der Waals surface area contributed by atoms with E-state index in [9.17, 15) is 22.8 Å². The largest absolute Gasteiger partial charge is 0.383 e. The zero-order valence-corrected chi connectivity index (χ0v) is 25.6. The van der Waals surface area contributed by atoms with Crippen molar-refractivity contribution in [2.45, 2.75) is 24.4 Å². The molecule has 4 N–H and O–H groups in total.